The lowest BCUT2D eigenvalue weighted by Crippen LogP contribution is -2.51. The van der Waals surface area contributed by atoms with Gasteiger partial charge in [-0.05, 0) is 56.5 Å². The van der Waals surface area contributed by atoms with Crippen LogP contribution in [-0.4, -0.2) is 35.4 Å². The van der Waals surface area contributed by atoms with E-state index in [1.54, 1.807) is 23.1 Å². The van der Waals surface area contributed by atoms with Crippen LogP contribution in [0.1, 0.15) is 38.3 Å². The van der Waals surface area contributed by atoms with Gasteiger partial charge in [0.15, 0.2) is 6.61 Å². The highest BCUT2D eigenvalue weighted by atomic mass is 79.9. The SMILES string of the molecule is CC[C@@H](C(=O)NC(C)C)N(Cc1ccccc1C)C(=O)COc1ccc(Br)cc1Cl. The summed E-state index contributed by atoms with van der Waals surface area (Å²) in [5.74, 6) is -0.0251. The summed E-state index contributed by atoms with van der Waals surface area (Å²) in [6, 6.07) is 12.4. The highest BCUT2D eigenvalue weighted by Gasteiger charge is 2.29. The fourth-order valence-corrected chi connectivity index (χ4v) is 3.81. The second-order valence-corrected chi connectivity index (χ2v) is 8.72. The average molecular weight is 496 g/mol. The molecule has 0 spiro atoms. The third kappa shape index (κ3) is 6.74. The average Bonchev–Trinajstić information content (AvgIpc) is 2.67. The number of carbonyl (C=O) groups excluding carboxylic acids is 2. The Morgan fingerprint density at radius 1 is 1.20 bits per heavy atom. The Morgan fingerprint density at radius 2 is 1.90 bits per heavy atom. The van der Waals surface area contributed by atoms with Crippen molar-refractivity contribution in [1.29, 1.82) is 0 Å². The maximum atomic E-state index is 13.2. The Balaban J connectivity index is 2.25. The lowest BCUT2D eigenvalue weighted by molar-refractivity contribution is -0.143. The van der Waals surface area contributed by atoms with Crippen molar-refractivity contribution in [3.05, 3.63) is 63.1 Å². The largest absolute Gasteiger partial charge is 0.482 e. The number of amides is 2. The molecule has 7 heteroatoms. The summed E-state index contributed by atoms with van der Waals surface area (Å²) >= 11 is 9.54. The van der Waals surface area contributed by atoms with E-state index in [0.717, 1.165) is 15.6 Å². The van der Waals surface area contributed by atoms with Crippen molar-refractivity contribution in [2.75, 3.05) is 6.61 Å². The van der Waals surface area contributed by atoms with Gasteiger partial charge >= 0.3 is 0 Å². The summed E-state index contributed by atoms with van der Waals surface area (Å²) in [7, 11) is 0. The van der Waals surface area contributed by atoms with E-state index in [4.69, 9.17) is 16.3 Å². The van der Waals surface area contributed by atoms with Crippen LogP contribution in [0.2, 0.25) is 5.02 Å². The fourth-order valence-electron chi connectivity index (χ4n) is 3.09. The minimum absolute atomic E-state index is 0.0141. The van der Waals surface area contributed by atoms with Gasteiger partial charge in [-0.2, -0.15) is 0 Å². The number of halogens is 2. The van der Waals surface area contributed by atoms with E-state index in [2.05, 4.69) is 21.2 Å². The molecule has 2 aromatic rings. The third-order valence-electron chi connectivity index (χ3n) is 4.66. The maximum absolute atomic E-state index is 13.2. The summed E-state index contributed by atoms with van der Waals surface area (Å²) in [5, 5.41) is 3.33. The number of benzene rings is 2. The Labute approximate surface area is 191 Å². The molecule has 0 saturated heterocycles. The van der Waals surface area contributed by atoms with Gasteiger partial charge in [-0.25, -0.2) is 0 Å². The van der Waals surface area contributed by atoms with Gasteiger partial charge in [0.25, 0.3) is 5.91 Å². The molecule has 0 heterocycles. The van der Waals surface area contributed by atoms with Crippen LogP contribution in [0.25, 0.3) is 0 Å². The fraction of sp³-hybridized carbons (Fsp3) is 0.391. The van der Waals surface area contributed by atoms with Crippen LogP contribution in [0.5, 0.6) is 5.75 Å². The number of nitrogens with zero attached hydrogens (tertiary/aromatic N) is 1. The minimum Gasteiger partial charge on any atom is -0.482 e. The highest BCUT2D eigenvalue weighted by Crippen LogP contribution is 2.28. The number of nitrogens with one attached hydrogen (secondary N) is 1. The highest BCUT2D eigenvalue weighted by molar-refractivity contribution is 9.10. The van der Waals surface area contributed by atoms with Gasteiger partial charge in [0.05, 0.1) is 5.02 Å². The molecular weight excluding hydrogens is 468 g/mol. The molecule has 1 N–H and O–H groups in total. The van der Waals surface area contributed by atoms with Crippen LogP contribution in [0.3, 0.4) is 0 Å². The van der Waals surface area contributed by atoms with Crippen molar-refractivity contribution >= 4 is 39.3 Å². The van der Waals surface area contributed by atoms with E-state index in [1.807, 2.05) is 52.0 Å². The molecule has 0 bridgehead atoms. The molecule has 5 nitrogen and oxygen atoms in total. The van der Waals surface area contributed by atoms with Crippen LogP contribution in [0, 0.1) is 6.92 Å². The molecule has 0 fully saturated rings. The van der Waals surface area contributed by atoms with Crippen LogP contribution >= 0.6 is 27.5 Å². The standard InChI is InChI=1S/C23H28BrClN2O3/c1-5-20(23(29)26-15(2)3)27(13-17-9-7-6-8-16(17)4)22(28)14-30-21-11-10-18(24)12-19(21)25/h6-12,15,20H,5,13-14H2,1-4H3,(H,26,29)/t20-/m0/s1. The smallest absolute Gasteiger partial charge is 0.261 e. The Kier molecular flexibility index (Phi) is 9.18. The van der Waals surface area contributed by atoms with Gasteiger partial charge in [0.2, 0.25) is 5.91 Å². The first-order valence-corrected chi connectivity index (χ1v) is 11.1. The molecule has 0 radical (unpaired) electrons. The molecule has 0 aliphatic carbocycles. The van der Waals surface area contributed by atoms with Crippen molar-refractivity contribution in [3.63, 3.8) is 0 Å². The van der Waals surface area contributed by atoms with Crippen LogP contribution in [-0.2, 0) is 16.1 Å². The molecule has 2 aromatic carbocycles. The molecule has 0 unspecified atom stereocenters. The number of ether oxygens (including phenoxy) is 1. The number of hydrogen-bond donors (Lipinski definition) is 1. The maximum Gasteiger partial charge on any atom is 0.261 e. The van der Waals surface area contributed by atoms with Crippen molar-refractivity contribution < 1.29 is 14.3 Å². The molecule has 30 heavy (non-hydrogen) atoms. The molecule has 0 aromatic heterocycles. The van der Waals surface area contributed by atoms with Crippen LogP contribution in [0.4, 0.5) is 0 Å². The van der Waals surface area contributed by atoms with Gasteiger partial charge in [0, 0.05) is 17.1 Å². The van der Waals surface area contributed by atoms with Crippen LogP contribution < -0.4 is 10.1 Å². The zero-order valence-corrected chi connectivity index (χ0v) is 20.1. The first-order chi connectivity index (χ1) is 14.2. The van der Waals surface area contributed by atoms with Gasteiger partial charge in [-0.1, -0.05) is 58.7 Å². The quantitative estimate of drug-likeness (QED) is 0.525. The number of carbonyl (C=O) groups is 2. The summed E-state index contributed by atoms with van der Waals surface area (Å²) in [6.45, 7) is 7.81. The molecule has 0 saturated carbocycles. The van der Waals surface area contributed by atoms with E-state index < -0.39 is 6.04 Å². The van der Waals surface area contributed by atoms with Crippen molar-refractivity contribution in [2.45, 2.75) is 52.7 Å². The second kappa shape index (κ2) is 11.4. The number of rotatable bonds is 9. The zero-order chi connectivity index (χ0) is 22.3. The van der Waals surface area contributed by atoms with Gasteiger partial charge in [-0.15, -0.1) is 0 Å². The van der Waals surface area contributed by atoms with Crippen molar-refractivity contribution in [1.82, 2.24) is 10.2 Å². The van der Waals surface area contributed by atoms with E-state index in [-0.39, 0.29) is 24.5 Å². The number of aryl methyl sites for hydroxylation is 1. The summed E-state index contributed by atoms with van der Waals surface area (Å²) in [6.07, 6.45) is 0.495. The molecular formula is C23H28BrClN2O3. The molecule has 1 atom stereocenters. The zero-order valence-electron chi connectivity index (χ0n) is 17.7. The van der Waals surface area contributed by atoms with E-state index in [9.17, 15) is 9.59 Å². The summed E-state index contributed by atoms with van der Waals surface area (Å²) < 4.78 is 6.51. The third-order valence-corrected chi connectivity index (χ3v) is 5.45. The van der Waals surface area contributed by atoms with Crippen LogP contribution in [0.15, 0.2) is 46.9 Å². The van der Waals surface area contributed by atoms with Gasteiger partial charge < -0.3 is 15.0 Å². The van der Waals surface area contributed by atoms with Crippen molar-refractivity contribution in [2.24, 2.45) is 0 Å². The number of hydrogen-bond acceptors (Lipinski definition) is 3. The van der Waals surface area contributed by atoms with E-state index in [0.29, 0.717) is 23.7 Å². The second-order valence-electron chi connectivity index (χ2n) is 7.40. The monoisotopic (exact) mass is 494 g/mol. The van der Waals surface area contributed by atoms with E-state index in [1.165, 1.54) is 0 Å². The van der Waals surface area contributed by atoms with Crippen molar-refractivity contribution in [3.8, 4) is 5.75 Å². The predicted molar refractivity (Wildman–Crippen MR) is 124 cm³/mol. The molecule has 2 amide bonds. The first-order valence-electron chi connectivity index (χ1n) is 9.95. The normalized spacial score (nSPS) is 11.8. The minimum atomic E-state index is -0.594. The van der Waals surface area contributed by atoms with Gasteiger partial charge in [0.1, 0.15) is 11.8 Å². The topological polar surface area (TPSA) is 58.6 Å². The summed E-state index contributed by atoms with van der Waals surface area (Å²) in [4.78, 5) is 27.6. The molecule has 162 valence electrons. The molecule has 0 aliphatic heterocycles. The Bertz CT molecular complexity index is 889. The first kappa shape index (κ1) is 24.2. The van der Waals surface area contributed by atoms with E-state index >= 15 is 0 Å². The molecule has 2 rings (SSSR count). The summed E-state index contributed by atoms with van der Waals surface area (Å²) in [5.41, 5.74) is 2.05. The lowest BCUT2D eigenvalue weighted by atomic mass is 10.1. The lowest BCUT2D eigenvalue weighted by Gasteiger charge is -2.31. The predicted octanol–water partition coefficient (Wildman–Crippen LogP) is 5.12. The Hall–Kier alpha value is -2.05. The van der Waals surface area contributed by atoms with Gasteiger partial charge in [-0.3, -0.25) is 9.59 Å². The molecule has 0 aliphatic rings. The Morgan fingerprint density at radius 3 is 2.50 bits per heavy atom.